The van der Waals surface area contributed by atoms with Gasteiger partial charge in [-0.05, 0) is 55.5 Å². The number of hydrogen-bond acceptors (Lipinski definition) is 4. The van der Waals surface area contributed by atoms with Gasteiger partial charge in [0.05, 0.1) is 11.6 Å². The van der Waals surface area contributed by atoms with Crippen molar-refractivity contribution in [1.82, 2.24) is 19.9 Å². The van der Waals surface area contributed by atoms with Crippen LogP contribution in [0.2, 0.25) is 0 Å². The summed E-state index contributed by atoms with van der Waals surface area (Å²) in [5.74, 6) is 0.457. The highest BCUT2D eigenvalue weighted by molar-refractivity contribution is 5.94. The van der Waals surface area contributed by atoms with Gasteiger partial charge < -0.3 is 10.1 Å². The molecule has 6 nitrogen and oxygen atoms in total. The van der Waals surface area contributed by atoms with E-state index in [1.807, 2.05) is 12.1 Å². The standard InChI is InChI=1S/C22H17F3N4O2/c1-14(20-28-27-19-10-2-3-11-29(19)20)26-21(30)15-6-4-8-17(12-15)31-18-9-5-7-16(13-18)22(23,24)25/h2-14H,1H3,(H,26,30). The van der Waals surface area contributed by atoms with Crippen molar-refractivity contribution in [3.8, 4) is 11.5 Å². The Bertz CT molecular complexity index is 1240. The average molecular weight is 426 g/mol. The molecule has 0 spiro atoms. The first-order chi connectivity index (χ1) is 14.8. The number of alkyl halides is 3. The van der Waals surface area contributed by atoms with Crippen molar-refractivity contribution in [2.75, 3.05) is 0 Å². The molecule has 1 atom stereocenters. The first kappa shape index (κ1) is 20.4. The van der Waals surface area contributed by atoms with E-state index in [1.165, 1.54) is 18.2 Å². The number of nitrogens with zero attached hydrogens (tertiary/aromatic N) is 3. The molecule has 0 aliphatic carbocycles. The number of carbonyl (C=O) groups is 1. The van der Waals surface area contributed by atoms with Crippen LogP contribution in [0.4, 0.5) is 13.2 Å². The molecule has 1 amide bonds. The molecule has 9 heteroatoms. The number of aromatic nitrogens is 3. The minimum atomic E-state index is -4.47. The van der Waals surface area contributed by atoms with Crippen LogP contribution in [-0.2, 0) is 6.18 Å². The Morgan fingerprint density at radius 2 is 1.74 bits per heavy atom. The summed E-state index contributed by atoms with van der Waals surface area (Å²) < 4.78 is 46.0. The van der Waals surface area contributed by atoms with Crippen LogP contribution < -0.4 is 10.1 Å². The fourth-order valence-electron chi connectivity index (χ4n) is 3.07. The number of benzene rings is 2. The summed E-state index contributed by atoms with van der Waals surface area (Å²) in [6.45, 7) is 1.78. The average Bonchev–Trinajstić information content (AvgIpc) is 3.18. The molecule has 2 aromatic carbocycles. The maximum absolute atomic E-state index is 12.9. The molecule has 4 aromatic rings. The Labute approximate surface area is 175 Å². The lowest BCUT2D eigenvalue weighted by Gasteiger charge is -2.13. The number of nitrogens with one attached hydrogen (secondary N) is 1. The third-order valence-electron chi connectivity index (χ3n) is 4.57. The number of carbonyl (C=O) groups excluding carboxylic acids is 1. The molecule has 0 saturated heterocycles. The highest BCUT2D eigenvalue weighted by atomic mass is 19.4. The van der Waals surface area contributed by atoms with Crippen molar-refractivity contribution in [3.05, 3.63) is 89.9 Å². The maximum atomic E-state index is 12.9. The van der Waals surface area contributed by atoms with Crippen LogP contribution in [-0.4, -0.2) is 20.5 Å². The van der Waals surface area contributed by atoms with E-state index < -0.39 is 17.8 Å². The Morgan fingerprint density at radius 1 is 1.00 bits per heavy atom. The molecule has 0 saturated carbocycles. The van der Waals surface area contributed by atoms with Gasteiger partial charge >= 0.3 is 6.18 Å². The summed E-state index contributed by atoms with van der Waals surface area (Å²) in [5.41, 5.74) is 0.147. The Balaban J connectivity index is 1.49. The Morgan fingerprint density at radius 3 is 2.52 bits per heavy atom. The minimum absolute atomic E-state index is 0.0238. The normalized spacial score (nSPS) is 12.5. The molecule has 0 fully saturated rings. The van der Waals surface area contributed by atoms with Crippen LogP contribution in [0.25, 0.3) is 5.65 Å². The lowest BCUT2D eigenvalue weighted by atomic mass is 10.1. The molecule has 2 heterocycles. The fourth-order valence-corrected chi connectivity index (χ4v) is 3.07. The van der Waals surface area contributed by atoms with Gasteiger partial charge in [-0.2, -0.15) is 13.2 Å². The van der Waals surface area contributed by atoms with Crippen molar-refractivity contribution < 1.29 is 22.7 Å². The summed E-state index contributed by atoms with van der Waals surface area (Å²) in [7, 11) is 0. The smallest absolute Gasteiger partial charge is 0.416 e. The first-order valence-electron chi connectivity index (χ1n) is 9.37. The summed E-state index contributed by atoms with van der Waals surface area (Å²) in [6.07, 6.45) is -2.67. The molecule has 158 valence electrons. The Hall–Kier alpha value is -3.88. The number of halogens is 3. The van der Waals surface area contributed by atoms with Gasteiger partial charge in [-0.1, -0.05) is 18.2 Å². The van der Waals surface area contributed by atoms with E-state index in [2.05, 4.69) is 15.5 Å². The van der Waals surface area contributed by atoms with E-state index in [-0.39, 0.29) is 17.4 Å². The molecule has 2 aromatic heterocycles. The van der Waals surface area contributed by atoms with Crippen LogP contribution >= 0.6 is 0 Å². The predicted molar refractivity (Wildman–Crippen MR) is 107 cm³/mol. The van der Waals surface area contributed by atoms with Gasteiger partial charge in [0.15, 0.2) is 11.5 Å². The summed E-state index contributed by atoms with van der Waals surface area (Å²) in [4.78, 5) is 12.7. The number of fused-ring (bicyclic) bond motifs is 1. The van der Waals surface area contributed by atoms with E-state index in [0.717, 1.165) is 12.1 Å². The number of amides is 1. The molecule has 0 radical (unpaired) electrons. The fraction of sp³-hybridized carbons (Fsp3) is 0.136. The van der Waals surface area contributed by atoms with Crippen molar-refractivity contribution in [1.29, 1.82) is 0 Å². The lowest BCUT2D eigenvalue weighted by molar-refractivity contribution is -0.137. The third kappa shape index (κ3) is 4.50. The molecule has 0 aliphatic heterocycles. The van der Waals surface area contributed by atoms with Crippen LogP contribution in [0, 0.1) is 0 Å². The molecule has 4 rings (SSSR count). The second-order valence-electron chi connectivity index (χ2n) is 6.84. The lowest BCUT2D eigenvalue weighted by Crippen LogP contribution is -2.28. The summed E-state index contributed by atoms with van der Waals surface area (Å²) in [6, 6.07) is 15.8. The number of ether oxygens (including phenoxy) is 1. The Kier molecular flexibility index (Phi) is 5.33. The number of hydrogen-bond donors (Lipinski definition) is 1. The number of pyridine rings is 1. The van der Waals surface area contributed by atoms with E-state index >= 15 is 0 Å². The van der Waals surface area contributed by atoms with E-state index in [9.17, 15) is 18.0 Å². The monoisotopic (exact) mass is 426 g/mol. The van der Waals surface area contributed by atoms with Crippen LogP contribution in [0.1, 0.15) is 34.7 Å². The van der Waals surface area contributed by atoms with E-state index in [1.54, 1.807) is 41.8 Å². The summed E-state index contributed by atoms with van der Waals surface area (Å²) in [5, 5.41) is 11.0. The molecular formula is C22H17F3N4O2. The van der Waals surface area contributed by atoms with Crippen molar-refractivity contribution in [2.24, 2.45) is 0 Å². The van der Waals surface area contributed by atoms with E-state index in [4.69, 9.17) is 4.74 Å². The van der Waals surface area contributed by atoms with Crippen molar-refractivity contribution >= 4 is 11.6 Å². The molecule has 0 bridgehead atoms. The molecule has 31 heavy (non-hydrogen) atoms. The van der Waals surface area contributed by atoms with Gasteiger partial charge in [-0.3, -0.25) is 9.20 Å². The van der Waals surface area contributed by atoms with E-state index in [0.29, 0.717) is 17.0 Å². The zero-order valence-corrected chi connectivity index (χ0v) is 16.3. The van der Waals surface area contributed by atoms with Crippen LogP contribution in [0.3, 0.4) is 0 Å². The van der Waals surface area contributed by atoms with Gasteiger partial charge in [0.2, 0.25) is 0 Å². The van der Waals surface area contributed by atoms with Gasteiger partial charge in [-0.25, -0.2) is 0 Å². The molecular weight excluding hydrogens is 409 g/mol. The van der Waals surface area contributed by atoms with Crippen molar-refractivity contribution in [2.45, 2.75) is 19.1 Å². The highest BCUT2D eigenvalue weighted by Crippen LogP contribution is 2.32. The largest absolute Gasteiger partial charge is 0.457 e. The SMILES string of the molecule is CC(NC(=O)c1cccc(Oc2cccc(C(F)(F)F)c2)c1)c1nnc2ccccn12. The first-order valence-corrected chi connectivity index (χ1v) is 9.37. The second kappa shape index (κ2) is 8.10. The highest BCUT2D eigenvalue weighted by Gasteiger charge is 2.30. The zero-order valence-electron chi connectivity index (χ0n) is 16.3. The third-order valence-corrected chi connectivity index (χ3v) is 4.57. The van der Waals surface area contributed by atoms with Crippen LogP contribution in [0.5, 0.6) is 11.5 Å². The topological polar surface area (TPSA) is 68.5 Å². The summed E-state index contributed by atoms with van der Waals surface area (Å²) >= 11 is 0. The minimum Gasteiger partial charge on any atom is -0.457 e. The zero-order chi connectivity index (χ0) is 22.0. The molecule has 0 aliphatic rings. The molecule has 1 unspecified atom stereocenters. The van der Waals surface area contributed by atoms with Crippen molar-refractivity contribution in [3.63, 3.8) is 0 Å². The van der Waals surface area contributed by atoms with Crippen LogP contribution in [0.15, 0.2) is 72.9 Å². The van der Waals surface area contributed by atoms with Gasteiger partial charge in [0.25, 0.3) is 5.91 Å². The van der Waals surface area contributed by atoms with Gasteiger partial charge in [0.1, 0.15) is 11.5 Å². The number of rotatable bonds is 5. The van der Waals surface area contributed by atoms with Gasteiger partial charge in [0, 0.05) is 11.8 Å². The second-order valence-corrected chi connectivity index (χ2v) is 6.84. The molecule has 1 N–H and O–H groups in total. The maximum Gasteiger partial charge on any atom is 0.416 e. The quantitative estimate of drug-likeness (QED) is 0.486. The van der Waals surface area contributed by atoms with Gasteiger partial charge in [-0.15, -0.1) is 10.2 Å². The predicted octanol–water partition coefficient (Wildman–Crippen LogP) is 5.03.